The summed E-state index contributed by atoms with van der Waals surface area (Å²) >= 11 is 1.39. The molecule has 0 radical (unpaired) electrons. The number of nitrogens with one attached hydrogen (secondary N) is 1. The molecule has 2 aromatic rings. The molecule has 1 aromatic heterocycles. The number of piperazine rings is 1. The Morgan fingerprint density at radius 3 is 2.57 bits per heavy atom. The lowest BCUT2D eigenvalue weighted by Gasteiger charge is -2.35. The minimum absolute atomic E-state index is 0.172. The number of nitrogens with zero attached hydrogens (tertiary/aromatic N) is 2. The van der Waals surface area contributed by atoms with Crippen LogP contribution >= 0.6 is 11.3 Å². The van der Waals surface area contributed by atoms with Crippen molar-refractivity contribution in [3.05, 3.63) is 46.6 Å². The molecule has 28 heavy (non-hydrogen) atoms. The van der Waals surface area contributed by atoms with Crippen molar-refractivity contribution in [2.75, 3.05) is 50.1 Å². The van der Waals surface area contributed by atoms with E-state index in [1.54, 1.807) is 18.2 Å². The van der Waals surface area contributed by atoms with Gasteiger partial charge in [-0.3, -0.25) is 9.69 Å². The molecule has 0 saturated carbocycles. The number of benzene rings is 1. The Bertz CT molecular complexity index is 847. The monoisotopic (exact) mass is 405 g/mol. The van der Waals surface area contributed by atoms with Gasteiger partial charge in [0.2, 0.25) is 5.91 Å². The molecule has 1 fully saturated rings. The SMILES string of the molecule is CCc1cc(C(=O)OC)c(NC(=O)CN2CCN(c3ccccc3F)CC2)s1. The highest BCUT2D eigenvalue weighted by Crippen LogP contribution is 2.29. The molecule has 1 amide bonds. The average Bonchev–Trinajstić information content (AvgIpc) is 3.11. The predicted octanol–water partition coefficient (Wildman–Crippen LogP) is 3.00. The molecule has 0 unspecified atom stereocenters. The third-order valence-corrected chi connectivity index (χ3v) is 5.92. The molecule has 2 heterocycles. The maximum absolute atomic E-state index is 13.9. The van der Waals surface area contributed by atoms with Crippen LogP contribution in [-0.2, 0) is 16.0 Å². The number of esters is 1. The van der Waals surface area contributed by atoms with Gasteiger partial charge in [-0.05, 0) is 24.6 Å². The van der Waals surface area contributed by atoms with Gasteiger partial charge < -0.3 is 15.0 Å². The maximum atomic E-state index is 13.9. The second-order valence-corrected chi connectivity index (χ2v) is 7.70. The van der Waals surface area contributed by atoms with Crippen molar-refractivity contribution in [1.82, 2.24) is 4.90 Å². The molecule has 8 heteroatoms. The van der Waals surface area contributed by atoms with Crippen molar-refractivity contribution in [2.24, 2.45) is 0 Å². The first-order chi connectivity index (χ1) is 13.5. The van der Waals surface area contributed by atoms with Gasteiger partial charge in [0.05, 0.1) is 24.9 Å². The molecule has 6 nitrogen and oxygen atoms in total. The molecular formula is C20H24FN3O3S. The van der Waals surface area contributed by atoms with E-state index in [1.807, 2.05) is 22.8 Å². The van der Waals surface area contributed by atoms with Crippen LogP contribution in [0.5, 0.6) is 0 Å². The van der Waals surface area contributed by atoms with E-state index in [0.717, 1.165) is 11.3 Å². The molecule has 0 aliphatic carbocycles. The van der Waals surface area contributed by atoms with Crippen molar-refractivity contribution in [2.45, 2.75) is 13.3 Å². The lowest BCUT2D eigenvalue weighted by Crippen LogP contribution is -2.48. The van der Waals surface area contributed by atoms with Gasteiger partial charge in [0.15, 0.2) is 0 Å². The van der Waals surface area contributed by atoms with Gasteiger partial charge in [-0.15, -0.1) is 11.3 Å². The summed E-state index contributed by atoms with van der Waals surface area (Å²) in [5.74, 6) is -0.854. The first-order valence-electron chi connectivity index (χ1n) is 9.24. The van der Waals surface area contributed by atoms with Crippen LogP contribution in [-0.4, -0.2) is 56.6 Å². The van der Waals surface area contributed by atoms with Crippen LogP contribution in [0.2, 0.25) is 0 Å². The highest BCUT2D eigenvalue weighted by Gasteiger charge is 2.22. The molecule has 1 aromatic carbocycles. The van der Waals surface area contributed by atoms with Crippen molar-refractivity contribution < 1.29 is 18.7 Å². The molecule has 1 aliphatic heterocycles. The van der Waals surface area contributed by atoms with Crippen LogP contribution in [0.4, 0.5) is 15.1 Å². The highest BCUT2D eigenvalue weighted by atomic mass is 32.1. The Morgan fingerprint density at radius 2 is 1.93 bits per heavy atom. The molecule has 1 saturated heterocycles. The largest absolute Gasteiger partial charge is 0.465 e. The number of thiophene rings is 1. The Balaban J connectivity index is 1.56. The van der Waals surface area contributed by atoms with Gasteiger partial charge in [-0.25, -0.2) is 9.18 Å². The average molecular weight is 405 g/mol. The number of carbonyl (C=O) groups is 2. The zero-order valence-electron chi connectivity index (χ0n) is 16.0. The molecule has 0 spiro atoms. The third-order valence-electron chi connectivity index (χ3n) is 4.72. The van der Waals surface area contributed by atoms with E-state index >= 15 is 0 Å². The van der Waals surface area contributed by atoms with Crippen LogP contribution in [0.15, 0.2) is 30.3 Å². The first kappa shape index (κ1) is 20.3. The standard InChI is InChI=1S/C20H24FN3O3S/c1-3-14-12-15(20(26)27-2)19(28-14)22-18(25)13-23-8-10-24(11-9-23)17-7-5-4-6-16(17)21/h4-7,12H,3,8-11,13H2,1-2H3,(H,22,25). The number of carbonyl (C=O) groups excluding carboxylic acids is 2. The lowest BCUT2D eigenvalue weighted by molar-refractivity contribution is -0.117. The van der Waals surface area contributed by atoms with Crippen molar-refractivity contribution in [1.29, 1.82) is 0 Å². The minimum Gasteiger partial charge on any atom is -0.465 e. The molecule has 150 valence electrons. The third kappa shape index (κ3) is 4.69. The summed E-state index contributed by atoms with van der Waals surface area (Å²) in [6.45, 7) is 4.85. The number of hydrogen-bond acceptors (Lipinski definition) is 6. The van der Waals surface area contributed by atoms with Gasteiger partial charge in [0.1, 0.15) is 10.8 Å². The van der Waals surface area contributed by atoms with Gasteiger partial charge in [-0.2, -0.15) is 0 Å². The second-order valence-electron chi connectivity index (χ2n) is 6.56. The Morgan fingerprint density at radius 1 is 1.21 bits per heavy atom. The number of anilines is 2. The summed E-state index contributed by atoms with van der Waals surface area (Å²) in [7, 11) is 1.33. The Hall–Kier alpha value is -2.45. The van der Waals surface area contributed by atoms with E-state index in [-0.39, 0.29) is 18.3 Å². The molecule has 0 atom stereocenters. The minimum atomic E-state index is -0.454. The maximum Gasteiger partial charge on any atom is 0.340 e. The van der Waals surface area contributed by atoms with E-state index in [0.29, 0.717) is 42.4 Å². The van der Waals surface area contributed by atoms with Gasteiger partial charge in [-0.1, -0.05) is 19.1 Å². The first-order valence-corrected chi connectivity index (χ1v) is 10.1. The number of aryl methyl sites for hydroxylation is 1. The van der Waals surface area contributed by atoms with E-state index < -0.39 is 5.97 Å². The van der Waals surface area contributed by atoms with Crippen molar-refractivity contribution in [3.63, 3.8) is 0 Å². The van der Waals surface area contributed by atoms with Crippen LogP contribution in [0.3, 0.4) is 0 Å². The van der Waals surface area contributed by atoms with Crippen LogP contribution in [0, 0.1) is 5.82 Å². The second kappa shape index (κ2) is 9.16. The number of para-hydroxylation sites is 1. The van der Waals surface area contributed by atoms with Crippen molar-refractivity contribution >= 4 is 33.9 Å². The van der Waals surface area contributed by atoms with Crippen LogP contribution < -0.4 is 10.2 Å². The fourth-order valence-electron chi connectivity index (χ4n) is 3.20. The van der Waals surface area contributed by atoms with Gasteiger partial charge >= 0.3 is 5.97 Å². The van der Waals surface area contributed by atoms with E-state index in [4.69, 9.17) is 4.74 Å². The number of methoxy groups -OCH3 is 1. The fraction of sp³-hybridized carbons (Fsp3) is 0.400. The topological polar surface area (TPSA) is 61.9 Å². The van der Waals surface area contributed by atoms with Crippen LogP contribution in [0.25, 0.3) is 0 Å². The summed E-state index contributed by atoms with van der Waals surface area (Å²) < 4.78 is 18.7. The van der Waals surface area contributed by atoms with E-state index in [2.05, 4.69) is 5.32 Å². The quantitative estimate of drug-likeness (QED) is 0.749. The molecule has 3 rings (SSSR count). The Labute approximate surface area is 167 Å². The fourth-order valence-corrected chi connectivity index (χ4v) is 4.20. The summed E-state index contributed by atoms with van der Waals surface area (Å²) in [5.41, 5.74) is 0.988. The molecule has 1 N–H and O–H groups in total. The van der Waals surface area contributed by atoms with Crippen molar-refractivity contribution in [3.8, 4) is 0 Å². The zero-order chi connectivity index (χ0) is 20.1. The molecular weight excluding hydrogens is 381 g/mol. The van der Waals surface area contributed by atoms with Gasteiger partial charge in [0, 0.05) is 31.1 Å². The summed E-state index contributed by atoms with van der Waals surface area (Å²) in [6, 6.07) is 8.49. The smallest absolute Gasteiger partial charge is 0.340 e. The van der Waals surface area contributed by atoms with Gasteiger partial charge in [0.25, 0.3) is 0 Å². The number of amides is 1. The number of rotatable bonds is 6. The lowest BCUT2D eigenvalue weighted by atomic mass is 10.2. The van der Waals surface area contributed by atoms with E-state index in [1.165, 1.54) is 24.5 Å². The zero-order valence-corrected chi connectivity index (χ0v) is 16.9. The highest BCUT2D eigenvalue weighted by molar-refractivity contribution is 7.16. The molecule has 1 aliphatic rings. The molecule has 0 bridgehead atoms. The van der Waals surface area contributed by atoms with Crippen LogP contribution in [0.1, 0.15) is 22.2 Å². The van der Waals surface area contributed by atoms with E-state index in [9.17, 15) is 14.0 Å². The summed E-state index contributed by atoms with van der Waals surface area (Å²) in [6.07, 6.45) is 0.780. The summed E-state index contributed by atoms with van der Waals surface area (Å²) in [5, 5.41) is 3.37. The number of ether oxygens (including phenoxy) is 1. The predicted molar refractivity (Wildman–Crippen MR) is 109 cm³/mol. The number of hydrogen-bond donors (Lipinski definition) is 1. The summed E-state index contributed by atoms with van der Waals surface area (Å²) in [4.78, 5) is 29.4. The normalized spacial score (nSPS) is 14.8. The Kier molecular flexibility index (Phi) is 6.64. The number of halogens is 1.